The van der Waals surface area contributed by atoms with Crippen molar-refractivity contribution in [2.75, 3.05) is 18.4 Å². The molecule has 0 bridgehead atoms. The summed E-state index contributed by atoms with van der Waals surface area (Å²) in [4.78, 5) is 31.5. The monoisotopic (exact) mass is 421 g/mol. The third-order valence-electron chi connectivity index (χ3n) is 4.70. The van der Waals surface area contributed by atoms with Crippen molar-refractivity contribution >= 4 is 28.3 Å². The van der Waals surface area contributed by atoms with Crippen LogP contribution in [0.4, 0.5) is 5.13 Å². The summed E-state index contributed by atoms with van der Waals surface area (Å²) < 4.78 is 0. The van der Waals surface area contributed by atoms with E-state index in [9.17, 15) is 9.59 Å². The van der Waals surface area contributed by atoms with Gasteiger partial charge in [0.05, 0.1) is 5.69 Å². The van der Waals surface area contributed by atoms with Gasteiger partial charge in [-0.25, -0.2) is 4.98 Å². The molecular weight excluding hydrogens is 394 g/mol. The Bertz CT molecular complexity index is 981. The van der Waals surface area contributed by atoms with Crippen molar-refractivity contribution in [3.63, 3.8) is 0 Å². The van der Waals surface area contributed by atoms with Crippen LogP contribution in [0.1, 0.15) is 36.3 Å². The normalized spacial score (nSPS) is 10.8. The van der Waals surface area contributed by atoms with Crippen LogP contribution in [0.3, 0.4) is 0 Å². The van der Waals surface area contributed by atoms with Crippen molar-refractivity contribution in [2.45, 2.75) is 27.2 Å². The number of nitrogens with one attached hydrogen (secondary N) is 1. The minimum Gasteiger partial charge on any atom is -0.329 e. The van der Waals surface area contributed by atoms with Crippen molar-refractivity contribution in [3.8, 4) is 11.1 Å². The lowest BCUT2D eigenvalue weighted by atomic mass is 10.0. The van der Waals surface area contributed by atoms with Crippen LogP contribution in [-0.2, 0) is 4.79 Å². The number of anilines is 1. The average Bonchev–Trinajstić information content (AvgIpc) is 3.15. The van der Waals surface area contributed by atoms with Gasteiger partial charge in [0.2, 0.25) is 5.91 Å². The standard InChI is InChI=1S/C24H27N3O2S/c1-17(2)13-14-27(15-22(28)26-24-25-18(3)16-30-24)23(29)21-11-9-20(10-12-21)19-7-5-4-6-8-19/h4-12,16-17H,13-15H2,1-3H3,(H,25,26,28). The van der Waals surface area contributed by atoms with E-state index < -0.39 is 0 Å². The molecule has 0 spiro atoms. The Labute approximate surface area is 181 Å². The number of benzene rings is 2. The van der Waals surface area contributed by atoms with Crippen LogP contribution in [0.25, 0.3) is 11.1 Å². The van der Waals surface area contributed by atoms with E-state index in [0.717, 1.165) is 23.2 Å². The van der Waals surface area contributed by atoms with E-state index in [1.807, 2.05) is 66.9 Å². The van der Waals surface area contributed by atoms with Gasteiger partial charge in [0.15, 0.2) is 5.13 Å². The van der Waals surface area contributed by atoms with Gasteiger partial charge in [-0.05, 0) is 42.5 Å². The predicted molar refractivity (Wildman–Crippen MR) is 123 cm³/mol. The van der Waals surface area contributed by atoms with Gasteiger partial charge in [-0.1, -0.05) is 56.3 Å². The van der Waals surface area contributed by atoms with Gasteiger partial charge in [-0.15, -0.1) is 11.3 Å². The first-order chi connectivity index (χ1) is 14.4. The second-order valence-corrected chi connectivity index (χ2v) is 8.55. The fourth-order valence-electron chi connectivity index (χ4n) is 3.03. The molecule has 0 aliphatic carbocycles. The van der Waals surface area contributed by atoms with Gasteiger partial charge >= 0.3 is 0 Å². The molecule has 0 saturated carbocycles. The van der Waals surface area contributed by atoms with Crippen molar-refractivity contribution in [1.82, 2.24) is 9.88 Å². The lowest BCUT2D eigenvalue weighted by molar-refractivity contribution is -0.116. The molecule has 30 heavy (non-hydrogen) atoms. The van der Waals surface area contributed by atoms with E-state index in [0.29, 0.717) is 23.2 Å². The topological polar surface area (TPSA) is 62.3 Å². The van der Waals surface area contributed by atoms with Crippen molar-refractivity contribution in [1.29, 1.82) is 0 Å². The number of hydrogen-bond donors (Lipinski definition) is 1. The Kier molecular flexibility index (Phi) is 7.36. The summed E-state index contributed by atoms with van der Waals surface area (Å²) in [5.74, 6) is 0.0634. The van der Waals surface area contributed by atoms with E-state index in [1.165, 1.54) is 11.3 Å². The first-order valence-electron chi connectivity index (χ1n) is 10.1. The quantitative estimate of drug-likeness (QED) is 0.541. The zero-order valence-corrected chi connectivity index (χ0v) is 18.4. The Hall–Kier alpha value is -2.99. The molecule has 3 rings (SSSR count). The van der Waals surface area contributed by atoms with Crippen LogP contribution < -0.4 is 5.32 Å². The Morgan fingerprint density at radius 2 is 1.70 bits per heavy atom. The van der Waals surface area contributed by atoms with Crippen molar-refractivity contribution in [2.24, 2.45) is 5.92 Å². The maximum Gasteiger partial charge on any atom is 0.254 e. The van der Waals surface area contributed by atoms with Crippen molar-refractivity contribution in [3.05, 3.63) is 71.2 Å². The molecule has 1 aromatic heterocycles. The van der Waals surface area contributed by atoms with Gasteiger partial charge in [0, 0.05) is 17.5 Å². The number of amides is 2. The fraction of sp³-hybridized carbons (Fsp3) is 0.292. The fourth-order valence-corrected chi connectivity index (χ4v) is 3.73. The SMILES string of the molecule is Cc1csc(NC(=O)CN(CCC(C)C)C(=O)c2ccc(-c3ccccc3)cc2)n1. The third kappa shape index (κ3) is 6.00. The highest BCUT2D eigenvalue weighted by atomic mass is 32.1. The van der Waals surface area contributed by atoms with Crippen LogP contribution in [0.2, 0.25) is 0 Å². The van der Waals surface area contributed by atoms with Crippen LogP contribution in [-0.4, -0.2) is 34.8 Å². The maximum absolute atomic E-state index is 13.1. The average molecular weight is 422 g/mol. The zero-order chi connectivity index (χ0) is 21.5. The number of carbonyl (C=O) groups is 2. The van der Waals surface area contributed by atoms with E-state index in [4.69, 9.17) is 0 Å². The predicted octanol–water partition coefficient (Wildman–Crippen LogP) is 5.25. The first-order valence-corrected chi connectivity index (χ1v) is 11.0. The number of carbonyl (C=O) groups excluding carboxylic acids is 2. The highest BCUT2D eigenvalue weighted by Crippen LogP contribution is 2.20. The summed E-state index contributed by atoms with van der Waals surface area (Å²) in [5, 5.41) is 5.23. The van der Waals surface area contributed by atoms with E-state index in [1.54, 1.807) is 4.90 Å². The Morgan fingerprint density at radius 3 is 2.30 bits per heavy atom. The lowest BCUT2D eigenvalue weighted by Crippen LogP contribution is -2.39. The van der Waals surface area contributed by atoms with Gasteiger partial charge in [0.25, 0.3) is 5.91 Å². The summed E-state index contributed by atoms with van der Waals surface area (Å²) >= 11 is 1.38. The molecule has 2 amide bonds. The van der Waals surface area contributed by atoms with Crippen LogP contribution in [0, 0.1) is 12.8 Å². The third-order valence-corrected chi connectivity index (χ3v) is 5.58. The molecule has 5 nitrogen and oxygen atoms in total. The second-order valence-electron chi connectivity index (χ2n) is 7.69. The largest absolute Gasteiger partial charge is 0.329 e. The molecule has 156 valence electrons. The molecule has 0 aliphatic rings. The van der Waals surface area contributed by atoms with Gasteiger partial charge in [-0.3, -0.25) is 9.59 Å². The molecule has 0 atom stereocenters. The molecular formula is C24H27N3O2S. The molecule has 2 aromatic carbocycles. The number of aromatic nitrogens is 1. The number of nitrogens with zero attached hydrogens (tertiary/aromatic N) is 2. The smallest absolute Gasteiger partial charge is 0.254 e. The molecule has 0 radical (unpaired) electrons. The summed E-state index contributed by atoms with van der Waals surface area (Å²) in [7, 11) is 0. The van der Waals surface area contributed by atoms with Crippen LogP contribution >= 0.6 is 11.3 Å². The van der Waals surface area contributed by atoms with E-state index in [2.05, 4.69) is 24.1 Å². The van der Waals surface area contributed by atoms with E-state index in [-0.39, 0.29) is 18.4 Å². The molecule has 6 heteroatoms. The zero-order valence-electron chi connectivity index (χ0n) is 17.6. The number of hydrogen-bond acceptors (Lipinski definition) is 4. The van der Waals surface area contributed by atoms with Crippen molar-refractivity contribution < 1.29 is 9.59 Å². The van der Waals surface area contributed by atoms with Gasteiger partial charge in [-0.2, -0.15) is 0 Å². The molecule has 3 aromatic rings. The van der Waals surface area contributed by atoms with Gasteiger partial charge < -0.3 is 10.2 Å². The summed E-state index contributed by atoms with van der Waals surface area (Å²) in [6.45, 7) is 6.63. The minimum atomic E-state index is -0.234. The number of thiazole rings is 1. The minimum absolute atomic E-state index is 0.00458. The number of rotatable bonds is 8. The molecule has 0 aliphatic heterocycles. The van der Waals surface area contributed by atoms with Gasteiger partial charge in [0.1, 0.15) is 6.54 Å². The molecule has 0 unspecified atom stereocenters. The second kappa shape index (κ2) is 10.2. The van der Waals surface area contributed by atoms with Crippen LogP contribution in [0.15, 0.2) is 60.0 Å². The van der Waals surface area contributed by atoms with Crippen LogP contribution in [0.5, 0.6) is 0 Å². The summed E-state index contributed by atoms with van der Waals surface area (Å²) in [5.41, 5.74) is 3.60. The lowest BCUT2D eigenvalue weighted by Gasteiger charge is -2.23. The highest BCUT2D eigenvalue weighted by Gasteiger charge is 2.20. The summed E-state index contributed by atoms with van der Waals surface area (Å²) in [6.07, 6.45) is 0.831. The molecule has 0 fully saturated rings. The first kappa shape index (κ1) is 21.7. The molecule has 0 saturated heterocycles. The number of aryl methyl sites for hydroxylation is 1. The molecule has 1 heterocycles. The Balaban J connectivity index is 1.71. The maximum atomic E-state index is 13.1. The summed E-state index contributed by atoms with van der Waals surface area (Å²) in [6, 6.07) is 17.6. The molecule has 1 N–H and O–H groups in total. The van der Waals surface area contributed by atoms with E-state index >= 15 is 0 Å². The highest BCUT2D eigenvalue weighted by molar-refractivity contribution is 7.13. The Morgan fingerprint density at radius 1 is 1.03 bits per heavy atom.